The molecule has 7 heteroatoms. The van der Waals surface area contributed by atoms with Crippen molar-refractivity contribution in [2.45, 2.75) is 18.9 Å². The van der Waals surface area contributed by atoms with Crippen molar-refractivity contribution < 1.29 is 14.1 Å². The molecular formula is C11H12FN3O3. The van der Waals surface area contributed by atoms with E-state index in [-0.39, 0.29) is 17.3 Å². The van der Waals surface area contributed by atoms with E-state index >= 15 is 0 Å². The lowest BCUT2D eigenvalue weighted by atomic mass is 10.1. The summed E-state index contributed by atoms with van der Waals surface area (Å²) in [6.45, 7) is 0.599. The van der Waals surface area contributed by atoms with Crippen LogP contribution in [0.3, 0.4) is 0 Å². The molecule has 1 unspecified atom stereocenters. The topological polar surface area (TPSA) is 84.3 Å². The van der Waals surface area contributed by atoms with Gasteiger partial charge in [0.1, 0.15) is 17.5 Å². The molecule has 0 bridgehead atoms. The molecule has 1 aliphatic rings. The SMILES string of the molecule is O=C1NCCCC1Nc1cc(F)ccc1[N+](=O)[O-]. The summed E-state index contributed by atoms with van der Waals surface area (Å²) in [6.07, 6.45) is 1.35. The minimum Gasteiger partial charge on any atom is -0.368 e. The zero-order valence-corrected chi connectivity index (χ0v) is 9.48. The second-order valence-corrected chi connectivity index (χ2v) is 4.05. The fraction of sp³-hybridized carbons (Fsp3) is 0.364. The summed E-state index contributed by atoms with van der Waals surface area (Å²) < 4.78 is 13.1. The van der Waals surface area contributed by atoms with Gasteiger partial charge < -0.3 is 10.6 Å². The van der Waals surface area contributed by atoms with E-state index in [2.05, 4.69) is 10.6 Å². The molecule has 18 heavy (non-hydrogen) atoms. The average molecular weight is 253 g/mol. The van der Waals surface area contributed by atoms with Crippen molar-refractivity contribution in [2.75, 3.05) is 11.9 Å². The molecule has 0 radical (unpaired) electrons. The third-order valence-electron chi connectivity index (χ3n) is 2.77. The fourth-order valence-corrected chi connectivity index (χ4v) is 1.88. The molecule has 2 N–H and O–H groups in total. The number of rotatable bonds is 3. The van der Waals surface area contributed by atoms with Gasteiger partial charge in [-0.2, -0.15) is 0 Å². The molecule has 0 aliphatic carbocycles. The van der Waals surface area contributed by atoms with E-state index in [1.54, 1.807) is 0 Å². The molecule has 1 atom stereocenters. The molecule has 0 spiro atoms. The molecule has 1 aromatic carbocycles. The van der Waals surface area contributed by atoms with Crippen molar-refractivity contribution in [1.29, 1.82) is 0 Å². The van der Waals surface area contributed by atoms with E-state index < -0.39 is 16.8 Å². The van der Waals surface area contributed by atoms with Crippen LogP contribution >= 0.6 is 0 Å². The quantitative estimate of drug-likeness (QED) is 0.630. The predicted molar refractivity (Wildman–Crippen MR) is 62.7 cm³/mol. The van der Waals surface area contributed by atoms with E-state index in [9.17, 15) is 19.3 Å². The van der Waals surface area contributed by atoms with E-state index in [0.29, 0.717) is 13.0 Å². The zero-order chi connectivity index (χ0) is 13.1. The Morgan fingerprint density at radius 3 is 2.94 bits per heavy atom. The van der Waals surface area contributed by atoms with Gasteiger partial charge in [-0.05, 0) is 18.9 Å². The van der Waals surface area contributed by atoms with Gasteiger partial charge in [0, 0.05) is 18.7 Å². The number of benzene rings is 1. The van der Waals surface area contributed by atoms with Crippen LogP contribution in [0.25, 0.3) is 0 Å². The molecule has 1 aromatic rings. The van der Waals surface area contributed by atoms with Gasteiger partial charge in [-0.3, -0.25) is 14.9 Å². The summed E-state index contributed by atoms with van der Waals surface area (Å²) >= 11 is 0. The van der Waals surface area contributed by atoms with Crippen LogP contribution in [0, 0.1) is 15.9 Å². The van der Waals surface area contributed by atoms with Crippen LogP contribution in [0.1, 0.15) is 12.8 Å². The number of anilines is 1. The number of carbonyl (C=O) groups excluding carboxylic acids is 1. The van der Waals surface area contributed by atoms with Crippen LogP contribution in [-0.4, -0.2) is 23.4 Å². The number of amides is 1. The van der Waals surface area contributed by atoms with Crippen molar-refractivity contribution in [2.24, 2.45) is 0 Å². The second kappa shape index (κ2) is 4.99. The van der Waals surface area contributed by atoms with Gasteiger partial charge in [-0.15, -0.1) is 0 Å². The van der Waals surface area contributed by atoms with E-state index in [4.69, 9.17) is 0 Å². The highest BCUT2D eigenvalue weighted by Crippen LogP contribution is 2.26. The fourth-order valence-electron chi connectivity index (χ4n) is 1.88. The number of hydrogen-bond acceptors (Lipinski definition) is 4. The Hall–Kier alpha value is -2.18. The third-order valence-corrected chi connectivity index (χ3v) is 2.77. The summed E-state index contributed by atoms with van der Waals surface area (Å²) in [5.74, 6) is -0.806. The molecule has 2 rings (SSSR count). The van der Waals surface area contributed by atoms with Crippen molar-refractivity contribution in [3.63, 3.8) is 0 Å². The smallest absolute Gasteiger partial charge is 0.292 e. The van der Waals surface area contributed by atoms with Crippen molar-refractivity contribution in [1.82, 2.24) is 5.32 Å². The van der Waals surface area contributed by atoms with Crippen LogP contribution in [0.4, 0.5) is 15.8 Å². The summed E-state index contributed by atoms with van der Waals surface area (Å²) in [5.41, 5.74) is -0.211. The number of nitro benzene ring substituents is 1. The highest BCUT2D eigenvalue weighted by atomic mass is 19.1. The van der Waals surface area contributed by atoms with Crippen LogP contribution in [0.5, 0.6) is 0 Å². The lowest BCUT2D eigenvalue weighted by molar-refractivity contribution is -0.384. The van der Waals surface area contributed by atoms with Gasteiger partial charge in [0.25, 0.3) is 5.69 Å². The number of nitrogens with one attached hydrogen (secondary N) is 2. The second-order valence-electron chi connectivity index (χ2n) is 4.05. The summed E-state index contributed by atoms with van der Waals surface area (Å²) in [4.78, 5) is 21.7. The largest absolute Gasteiger partial charge is 0.368 e. The van der Waals surface area contributed by atoms with Gasteiger partial charge >= 0.3 is 0 Å². The average Bonchev–Trinajstić information content (AvgIpc) is 2.32. The van der Waals surface area contributed by atoms with Crippen molar-refractivity contribution in [3.8, 4) is 0 Å². The Morgan fingerprint density at radius 1 is 1.50 bits per heavy atom. The standard InChI is InChI=1S/C11H12FN3O3/c12-7-3-4-10(15(17)18)9(6-7)14-8-2-1-5-13-11(8)16/h3-4,6,8,14H,1-2,5H2,(H,13,16). The number of nitro groups is 1. The summed E-state index contributed by atoms with van der Waals surface area (Å²) in [5, 5.41) is 16.2. The molecule has 1 amide bonds. The Morgan fingerprint density at radius 2 is 2.28 bits per heavy atom. The first-order valence-corrected chi connectivity index (χ1v) is 5.56. The van der Waals surface area contributed by atoms with Crippen LogP contribution in [0.2, 0.25) is 0 Å². The van der Waals surface area contributed by atoms with E-state index in [0.717, 1.165) is 24.6 Å². The molecule has 96 valence electrons. The molecule has 1 aliphatic heterocycles. The number of hydrogen-bond donors (Lipinski definition) is 2. The number of halogens is 1. The number of carbonyl (C=O) groups is 1. The maximum absolute atomic E-state index is 13.1. The molecule has 1 fully saturated rings. The monoisotopic (exact) mass is 253 g/mol. The van der Waals surface area contributed by atoms with Crippen molar-refractivity contribution >= 4 is 17.3 Å². The van der Waals surface area contributed by atoms with Crippen LogP contribution in [-0.2, 0) is 4.79 Å². The number of nitrogens with zero attached hydrogens (tertiary/aromatic N) is 1. The molecule has 1 heterocycles. The zero-order valence-electron chi connectivity index (χ0n) is 9.48. The Kier molecular flexibility index (Phi) is 3.40. The van der Waals surface area contributed by atoms with Crippen molar-refractivity contribution in [3.05, 3.63) is 34.1 Å². The Labute approximate surface area is 102 Å². The minimum atomic E-state index is -0.609. The third kappa shape index (κ3) is 2.55. The summed E-state index contributed by atoms with van der Waals surface area (Å²) in [7, 11) is 0. The molecule has 6 nitrogen and oxygen atoms in total. The number of piperidine rings is 1. The van der Waals surface area contributed by atoms with Gasteiger partial charge in [0.15, 0.2) is 0 Å². The Balaban J connectivity index is 2.24. The normalized spacial score (nSPS) is 19.2. The Bertz CT molecular complexity index is 492. The lowest BCUT2D eigenvalue weighted by Gasteiger charge is -2.23. The van der Waals surface area contributed by atoms with Gasteiger partial charge in [-0.25, -0.2) is 4.39 Å². The van der Waals surface area contributed by atoms with Gasteiger partial charge in [0.05, 0.1) is 4.92 Å². The maximum atomic E-state index is 13.1. The molecule has 0 saturated carbocycles. The highest BCUT2D eigenvalue weighted by molar-refractivity contribution is 5.86. The summed E-state index contributed by atoms with van der Waals surface area (Å²) in [6, 6.07) is 2.57. The minimum absolute atomic E-state index is 0.0297. The maximum Gasteiger partial charge on any atom is 0.292 e. The van der Waals surface area contributed by atoms with Crippen LogP contribution in [0.15, 0.2) is 18.2 Å². The molecule has 1 saturated heterocycles. The first-order valence-electron chi connectivity index (χ1n) is 5.56. The molecule has 0 aromatic heterocycles. The van der Waals surface area contributed by atoms with Crippen LogP contribution < -0.4 is 10.6 Å². The lowest BCUT2D eigenvalue weighted by Crippen LogP contribution is -2.44. The van der Waals surface area contributed by atoms with E-state index in [1.807, 2.05) is 0 Å². The highest BCUT2D eigenvalue weighted by Gasteiger charge is 2.24. The first kappa shape index (κ1) is 12.3. The van der Waals surface area contributed by atoms with E-state index in [1.165, 1.54) is 0 Å². The van der Waals surface area contributed by atoms with Gasteiger partial charge in [0.2, 0.25) is 5.91 Å². The first-order chi connectivity index (χ1) is 8.58. The predicted octanol–water partition coefficient (Wildman–Crippen LogP) is 1.42. The molecular weight excluding hydrogens is 241 g/mol. The van der Waals surface area contributed by atoms with Gasteiger partial charge in [-0.1, -0.05) is 0 Å².